The molecule has 0 bridgehead atoms. The number of tetrazole rings is 1. The first-order chi connectivity index (χ1) is 16.0. The Morgan fingerprint density at radius 3 is 2.82 bits per heavy atom. The van der Waals surface area contributed by atoms with E-state index >= 15 is 0 Å². The summed E-state index contributed by atoms with van der Waals surface area (Å²) in [7, 11) is -2.29. The molecule has 1 atom stereocenters. The van der Waals surface area contributed by atoms with Gasteiger partial charge in [-0.1, -0.05) is 18.2 Å². The largest absolute Gasteiger partial charge is 0.495 e. The highest BCUT2D eigenvalue weighted by molar-refractivity contribution is 7.99. The SMILES string of the molecule is COc1ccc(NC(=O)CSc2nnnn2C[C@H]2CCCO2)cc1S(=O)(=O)N1CCCCC1. The predicted molar refractivity (Wildman–Crippen MR) is 122 cm³/mol. The number of benzene rings is 1. The smallest absolute Gasteiger partial charge is 0.246 e. The van der Waals surface area contributed by atoms with Crippen LogP contribution in [0.5, 0.6) is 5.75 Å². The maximum Gasteiger partial charge on any atom is 0.246 e. The number of carbonyl (C=O) groups is 1. The first-order valence-corrected chi connectivity index (χ1v) is 13.4. The molecule has 2 aliphatic heterocycles. The molecule has 3 heterocycles. The number of nitrogens with one attached hydrogen (secondary N) is 1. The molecule has 2 aromatic rings. The fourth-order valence-electron chi connectivity index (χ4n) is 3.92. The van der Waals surface area contributed by atoms with Gasteiger partial charge in [0, 0.05) is 25.4 Å². The van der Waals surface area contributed by atoms with Crippen molar-refractivity contribution < 1.29 is 22.7 Å². The fourth-order valence-corrected chi connectivity index (χ4v) is 6.31. The summed E-state index contributed by atoms with van der Waals surface area (Å²) in [6.07, 6.45) is 4.76. The van der Waals surface area contributed by atoms with Gasteiger partial charge >= 0.3 is 0 Å². The van der Waals surface area contributed by atoms with Crippen LogP contribution in [0.1, 0.15) is 32.1 Å². The summed E-state index contributed by atoms with van der Waals surface area (Å²) in [6, 6.07) is 4.63. The number of sulfonamides is 1. The first kappa shape index (κ1) is 23.9. The molecule has 1 amide bonds. The molecular weight excluding hydrogens is 468 g/mol. The average Bonchev–Trinajstić information content (AvgIpc) is 3.51. The zero-order valence-electron chi connectivity index (χ0n) is 18.5. The topological polar surface area (TPSA) is 129 Å². The molecule has 0 aliphatic carbocycles. The molecule has 1 N–H and O–H groups in total. The van der Waals surface area contributed by atoms with Gasteiger partial charge in [-0.25, -0.2) is 13.1 Å². The number of methoxy groups -OCH3 is 1. The molecule has 0 spiro atoms. The third-order valence-electron chi connectivity index (χ3n) is 5.61. The second-order valence-electron chi connectivity index (χ2n) is 7.95. The Morgan fingerprint density at radius 1 is 1.27 bits per heavy atom. The first-order valence-electron chi connectivity index (χ1n) is 11.0. The zero-order chi connectivity index (χ0) is 23.3. The van der Waals surface area contributed by atoms with Crippen molar-refractivity contribution in [2.45, 2.75) is 54.8 Å². The van der Waals surface area contributed by atoms with E-state index in [0.29, 0.717) is 30.5 Å². The molecule has 33 heavy (non-hydrogen) atoms. The van der Waals surface area contributed by atoms with Crippen LogP contribution < -0.4 is 10.1 Å². The zero-order valence-corrected chi connectivity index (χ0v) is 20.1. The van der Waals surface area contributed by atoms with Crippen LogP contribution in [0.2, 0.25) is 0 Å². The molecule has 2 fully saturated rings. The van der Waals surface area contributed by atoms with E-state index in [9.17, 15) is 13.2 Å². The van der Waals surface area contributed by atoms with Gasteiger partial charge in [-0.2, -0.15) is 4.31 Å². The van der Waals surface area contributed by atoms with Gasteiger partial charge in [-0.3, -0.25) is 4.79 Å². The van der Waals surface area contributed by atoms with Gasteiger partial charge in [0.05, 0.1) is 25.5 Å². The summed E-state index contributed by atoms with van der Waals surface area (Å²) < 4.78 is 40.3. The number of ether oxygens (including phenoxy) is 2. The Bertz CT molecular complexity index is 1060. The van der Waals surface area contributed by atoms with Crippen molar-refractivity contribution in [3.63, 3.8) is 0 Å². The Morgan fingerprint density at radius 2 is 2.09 bits per heavy atom. The average molecular weight is 497 g/mol. The van der Waals surface area contributed by atoms with Crippen LogP contribution >= 0.6 is 11.8 Å². The lowest BCUT2D eigenvalue weighted by atomic mass is 10.2. The maximum atomic E-state index is 13.2. The Labute approximate surface area is 197 Å². The normalized spacial score (nSPS) is 19.5. The minimum absolute atomic E-state index is 0.0536. The van der Waals surface area contributed by atoms with Gasteiger partial charge in [-0.05, 0) is 54.3 Å². The van der Waals surface area contributed by atoms with Crippen LogP contribution in [0.3, 0.4) is 0 Å². The monoisotopic (exact) mass is 496 g/mol. The minimum Gasteiger partial charge on any atom is -0.495 e. The van der Waals surface area contributed by atoms with Crippen LogP contribution in [0.25, 0.3) is 0 Å². The highest BCUT2D eigenvalue weighted by Crippen LogP contribution is 2.31. The summed E-state index contributed by atoms with van der Waals surface area (Å²) >= 11 is 1.21. The van der Waals surface area contributed by atoms with E-state index in [0.717, 1.165) is 38.7 Å². The standard InChI is InChI=1S/C20H28N6O5S2/c1-30-17-8-7-15(12-18(17)33(28,29)25-9-3-2-4-10-25)21-19(27)14-32-20-22-23-24-26(20)13-16-6-5-11-31-16/h7-8,12,16H,2-6,9-11,13-14H2,1H3,(H,21,27)/t16-/m1/s1. The van der Waals surface area contributed by atoms with Crippen molar-refractivity contribution in [1.82, 2.24) is 24.5 Å². The molecule has 0 radical (unpaired) electrons. The van der Waals surface area contributed by atoms with Crippen molar-refractivity contribution in [2.75, 3.05) is 37.9 Å². The molecule has 13 heteroatoms. The van der Waals surface area contributed by atoms with Crippen molar-refractivity contribution in [1.29, 1.82) is 0 Å². The highest BCUT2D eigenvalue weighted by atomic mass is 32.2. The summed E-state index contributed by atoms with van der Waals surface area (Å²) in [5, 5.41) is 15.0. The van der Waals surface area contributed by atoms with Gasteiger partial charge in [0.2, 0.25) is 21.1 Å². The van der Waals surface area contributed by atoms with Gasteiger partial charge in [0.1, 0.15) is 10.6 Å². The summed E-state index contributed by atoms with van der Waals surface area (Å²) in [5.41, 5.74) is 0.385. The van der Waals surface area contributed by atoms with Crippen LogP contribution in [0.4, 0.5) is 5.69 Å². The number of hydrogen-bond donors (Lipinski definition) is 1. The van der Waals surface area contributed by atoms with Crippen molar-refractivity contribution >= 4 is 33.4 Å². The fraction of sp³-hybridized carbons (Fsp3) is 0.600. The molecule has 4 rings (SSSR count). The Kier molecular flexibility index (Phi) is 7.83. The number of aromatic nitrogens is 4. The predicted octanol–water partition coefficient (Wildman–Crippen LogP) is 1.77. The molecule has 11 nitrogen and oxygen atoms in total. The highest BCUT2D eigenvalue weighted by Gasteiger charge is 2.29. The number of nitrogens with zero attached hydrogens (tertiary/aromatic N) is 5. The molecule has 0 unspecified atom stereocenters. The number of thioether (sulfide) groups is 1. The van der Waals surface area contributed by atoms with Gasteiger partial charge in [0.25, 0.3) is 0 Å². The van der Waals surface area contributed by atoms with Gasteiger partial charge < -0.3 is 14.8 Å². The molecule has 0 saturated carbocycles. The Balaban J connectivity index is 1.40. The van der Waals surface area contributed by atoms with Gasteiger partial charge in [-0.15, -0.1) is 5.10 Å². The summed E-state index contributed by atoms with van der Waals surface area (Å²) in [4.78, 5) is 12.6. The molecule has 180 valence electrons. The van der Waals surface area contributed by atoms with E-state index in [2.05, 4.69) is 20.8 Å². The molecule has 2 aliphatic rings. The third-order valence-corrected chi connectivity index (χ3v) is 8.49. The number of rotatable bonds is 9. The second-order valence-corrected chi connectivity index (χ2v) is 10.8. The van der Waals surface area contributed by atoms with Crippen molar-refractivity contribution in [3.05, 3.63) is 18.2 Å². The number of piperidine rings is 1. The summed E-state index contributed by atoms with van der Waals surface area (Å²) in [5.74, 6) is 0.0333. The van der Waals surface area contributed by atoms with Crippen LogP contribution in [-0.2, 0) is 26.1 Å². The molecule has 2 saturated heterocycles. The molecular formula is C20H28N6O5S2. The van der Waals surface area contributed by atoms with Gasteiger partial charge in [0.15, 0.2) is 0 Å². The number of amides is 1. The lowest BCUT2D eigenvalue weighted by Gasteiger charge is -2.26. The van der Waals surface area contributed by atoms with Crippen LogP contribution in [0.15, 0.2) is 28.3 Å². The maximum absolute atomic E-state index is 13.2. The molecule has 1 aromatic heterocycles. The number of hydrogen-bond acceptors (Lipinski definition) is 9. The van der Waals surface area contributed by atoms with Crippen LogP contribution in [-0.4, -0.2) is 77.5 Å². The van der Waals surface area contributed by atoms with E-state index in [1.807, 2.05) is 0 Å². The van der Waals surface area contributed by atoms with E-state index in [4.69, 9.17) is 9.47 Å². The van der Waals surface area contributed by atoms with E-state index in [-0.39, 0.29) is 28.4 Å². The van der Waals surface area contributed by atoms with E-state index in [1.165, 1.54) is 29.2 Å². The lowest BCUT2D eigenvalue weighted by molar-refractivity contribution is -0.113. The lowest BCUT2D eigenvalue weighted by Crippen LogP contribution is -2.35. The van der Waals surface area contributed by atoms with E-state index < -0.39 is 10.0 Å². The number of carbonyl (C=O) groups excluding carboxylic acids is 1. The Hall–Kier alpha value is -2.22. The second kappa shape index (κ2) is 10.8. The van der Waals surface area contributed by atoms with Crippen molar-refractivity contribution in [3.8, 4) is 5.75 Å². The van der Waals surface area contributed by atoms with E-state index in [1.54, 1.807) is 16.8 Å². The number of anilines is 1. The minimum atomic E-state index is -3.72. The quantitative estimate of drug-likeness (QED) is 0.516. The van der Waals surface area contributed by atoms with Crippen LogP contribution in [0, 0.1) is 0 Å². The summed E-state index contributed by atoms with van der Waals surface area (Å²) in [6.45, 7) is 2.26. The third kappa shape index (κ3) is 5.83. The molecule has 1 aromatic carbocycles. The van der Waals surface area contributed by atoms with Crippen molar-refractivity contribution in [2.24, 2.45) is 0 Å².